The van der Waals surface area contributed by atoms with Crippen molar-refractivity contribution in [2.24, 2.45) is 0 Å². The summed E-state index contributed by atoms with van der Waals surface area (Å²) in [5, 5.41) is -0.326. The number of halogens is 5. The molecule has 0 spiro atoms. The summed E-state index contributed by atoms with van der Waals surface area (Å²) in [7, 11) is 0. The van der Waals surface area contributed by atoms with Gasteiger partial charge in [0.2, 0.25) is 0 Å². The van der Waals surface area contributed by atoms with E-state index in [-0.39, 0.29) is 0 Å². The Bertz CT molecular complexity index is 567. The number of alkyl halides is 1. The second-order valence-corrected chi connectivity index (χ2v) is 6.28. The van der Waals surface area contributed by atoms with Gasteiger partial charge in [-0.05, 0) is 35.9 Å². The van der Waals surface area contributed by atoms with E-state index in [1.165, 1.54) is 6.07 Å². The predicted octanol–water partition coefficient (Wildman–Crippen LogP) is 6.33. The van der Waals surface area contributed by atoms with Gasteiger partial charge in [0, 0.05) is 19.5 Å². The average molecular weight is 413 g/mol. The molecular weight excluding hydrogens is 406 g/mol. The van der Waals surface area contributed by atoms with Crippen molar-refractivity contribution in [1.82, 2.24) is 0 Å². The van der Waals surface area contributed by atoms with E-state index in [1.54, 1.807) is 12.1 Å². The van der Waals surface area contributed by atoms with E-state index < -0.39 is 11.2 Å². The average Bonchev–Trinajstić information content (AvgIpc) is 2.32. The van der Waals surface area contributed by atoms with Gasteiger partial charge in [-0.15, -0.1) is 11.6 Å². The van der Waals surface area contributed by atoms with Crippen LogP contribution in [0.2, 0.25) is 5.02 Å². The molecule has 0 N–H and O–H groups in total. The fourth-order valence-electron chi connectivity index (χ4n) is 1.62. The maximum atomic E-state index is 13.8. The molecule has 2 aromatic carbocycles. The Hall–Kier alpha value is -0.0900. The molecular formula is C13H7Br2Cl2F. The van der Waals surface area contributed by atoms with E-state index in [0.29, 0.717) is 10.6 Å². The van der Waals surface area contributed by atoms with Crippen LogP contribution >= 0.6 is 55.1 Å². The first-order valence-corrected chi connectivity index (χ1v) is 7.43. The minimum Gasteiger partial charge on any atom is -0.207 e. The highest BCUT2D eigenvalue weighted by molar-refractivity contribution is 9.11. The standard InChI is InChI=1S/C13H7Br2Cl2F/c14-7-4-5-9(15)8(6-7)13(17)12-10(16)2-1-3-11(12)18/h1-6,13H. The zero-order valence-electron chi connectivity index (χ0n) is 8.93. The number of hydrogen-bond donors (Lipinski definition) is 0. The molecule has 0 aliphatic carbocycles. The highest BCUT2D eigenvalue weighted by Crippen LogP contribution is 2.39. The van der Waals surface area contributed by atoms with Gasteiger partial charge in [-0.2, -0.15) is 0 Å². The van der Waals surface area contributed by atoms with Gasteiger partial charge in [-0.25, -0.2) is 4.39 Å². The van der Waals surface area contributed by atoms with E-state index >= 15 is 0 Å². The maximum Gasteiger partial charge on any atom is 0.129 e. The van der Waals surface area contributed by atoms with E-state index in [9.17, 15) is 4.39 Å². The van der Waals surface area contributed by atoms with Crippen LogP contribution in [0, 0.1) is 5.82 Å². The molecule has 18 heavy (non-hydrogen) atoms. The minimum absolute atomic E-state index is 0.291. The summed E-state index contributed by atoms with van der Waals surface area (Å²) in [6, 6.07) is 10.1. The molecule has 0 radical (unpaired) electrons. The largest absolute Gasteiger partial charge is 0.207 e. The van der Waals surface area contributed by atoms with Crippen molar-refractivity contribution in [3.8, 4) is 0 Å². The van der Waals surface area contributed by atoms with Crippen molar-refractivity contribution in [3.05, 3.63) is 67.3 Å². The molecule has 0 saturated carbocycles. The molecule has 0 bridgehead atoms. The SMILES string of the molecule is Fc1cccc(Cl)c1C(Cl)c1cc(Br)ccc1Br. The molecule has 94 valence electrons. The minimum atomic E-state index is -0.648. The molecule has 0 aromatic heterocycles. The molecule has 0 aliphatic heterocycles. The zero-order valence-corrected chi connectivity index (χ0v) is 13.6. The smallest absolute Gasteiger partial charge is 0.129 e. The van der Waals surface area contributed by atoms with E-state index in [0.717, 1.165) is 14.5 Å². The molecule has 1 unspecified atom stereocenters. The Labute approximate surface area is 131 Å². The molecule has 0 heterocycles. The topological polar surface area (TPSA) is 0 Å². The maximum absolute atomic E-state index is 13.8. The van der Waals surface area contributed by atoms with Crippen LogP contribution in [0.1, 0.15) is 16.5 Å². The first kappa shape index (κ1) is 14.3. The van der Waals surface area contributed by atoms with Gasteiger partial charge in [0.15, 0.2) is 0 Å². The third kappa shape index (κ3) is 2.90. The summed E-state index contributed by atoms with van der Waals surface area (Å²) < 4.78 is 15.5. The third-order valence-electron chi connectivity index (χ3n) is 2.48. The Morgan fingerprint density at radius 3 is 2.50 bits per heavy atom. The van der Waals surface area contributed by atoms with Crippen LogP contribution in [0.15, 0.2) is 45.3 Å². The Morgan fingerprint density at radius 2 is 1.83 bits per heavy atom. The van der Waals surface area contributed by atoms with Gasteiger partial charge in [0.25, 0.3) is 0 Å². The molecule has 0 fully saturated rings. The first-order chi connectivity index (χ1) is 8.50. The normalized spacial score (nSPS) is 12.5. The van der Waals surface area contributed by atoms with Crippen molar-refractivity contribution in [1.29, 1.82) is 0 Å². The van der Waals surface area contributed by atoms with Gasteiger partial charge < -0.3 is 0 Å². The lowest BCUT2D eigenvalue weighted by Gasteiger charge is -2.15. The fraction of sp³-hybridized carbons (Fsp3) is 0.0769. The van der Waals surface area contributed by atoms with Gasteiger partial charge in [0.05, 0.1) is 5.38 Å². The molecule has 2 aromatic rings. The number of rotatable bonds is 2. The van der Waals surface area contributed by atoms with Gasteiger partial charge in [-0.1, -0.05) is 49.5 Å². The molecule has 0 saturated heterocycles. The second-order valence-electron chi connectivity index (χ2n) is 3.66. The van der Waals surface area contributed by atoms with Crippen molar-refractivity contribution in [3.63, 3.8) is 0 Å². The van der Waals surface area contributed by atoms with Crippen LogP contribution in [0.4, 0.5) is 4.39 Å². The van der Waals surface area contributed by atoms with Crippen LogP contribution in [0.5, 0.6) is 0 Å². The monoisotopic (exact) mass is 410 g/mol. The van der Waals surface area contributed by atoms with Gasteiger partial charge in [0.1, 0.15) is 5.82 Å². The van der Waals surface area contributed by atoms with E-state index in [4.69, 9.17) is 23.2 Å². The lowest BCUT2D eigenvalue weighted by Crippen LogP contribution is -1.99. The van der Waals surface area contributed by atoms with Gasteiger partial charge in [-0.3, -0.25) is 0 Å². The van der Waals surface area contributed by atoms with Crippen molar-refractivity contribution in [2.75, 3.05) is 0 Å². The summed E-state index contributed by atoms with van der Waals surface area (Å²) in [5.41, 5.74) is 1.05. The molecule has 1 atom stereocenters. The summed E-state index contributed by atoms with van der Waals surface area (Å²) >= 11 is 19.1. The van der Waals surface area contributed by atoms with Crippen molar-refractivity contribution >= 4 is 55.1 Å². The lowest BCUT2D eigenvalue weighted by atomic mass is 10.0. The first-order valence-electron chi connectivity index (χ1n) is 5.03. The van der Waals surface area contributed by atoms with Crippen molar-refractivity contribution in [2.45, 2.75) is 5.38 Å². The van der Waals surface area contributed by atoms with Crippen LogP contribution in [0.25, 0.3) is 0 Å². The van der Waals surface area contributed by atoms with Crippen LogP contribution in [0.3, 0.4) is 0 Å². The number of hydrogen-bond acceptors (Lipinski definition) is 0. The molecule has 0 amide bonds. The highest BCUT2D eigenvalue weighted by atomic mass is 79.9. The number of benzene rings is 2. The molecule has 0 aliphatic rings. The highest BCUT2D eigenvalue weighted by Gasteiger charge is 2.20. The van der Waals surface area contributed by atoms with Crippen LogP contribution in [-0.2, 0) is 0 Å². The van der Waals surface area contributed by atoms with E-state index in [2.05, 4.69) is 31.9 Å². The van der Waals surface area contributed by atoms with E-state index in [1.807, 2.05) is 18.2 Å². The molecule has 5 heteroatoms. The molecule has 0 nitrogen and oxygen atoms in total. The van der Waals surface area contributed by atoms with Crippen LogP contribution < -0.4 is 0 Å². The molecule has 2 rings (SSSR count). The predicted molar refractivity (Wildman–Crippen MR) is 80.9 cm³/mol. The zero-order chi connectivity index (χ0) is 13.3. The van der Waals surface area contributed by atoms with Gasteiger partial charge >= 0.3 is 0 Å². The Kier molecular flexibility index (Phi) is 4.70. The summed E-state index contributed by atoms with van der Waals surface area (Å²) in [6.07, 6.45) is 0. The van der Waals surface area contributed by atoms with Crippen LogP contribution in [-0.4, -0.2) is 0 Å². The third-order valence-corrected chi connectivity index (χ3v) is 4.48. The fourth-order valence-corrected chi connectivity index (χ4v) is 3.33. The quantitative estimate of drug-likeness (QED) is 0.505. The summed E-state index contributed by atoms with van der Waals surface area (Å²) in [5.74, 6) is -0.408. The second kappa shape index (κ2) is 5.91. The Balaban J connectivity index is 2.54. The summed E-state index contributed by atoms with van der Waals surface area (Å²) in [4.78, 5) is 0. The summed E-state index contributed by atoms with van der Waals surface area (Å²) in [6.45, 7) is 0. The lowest BCUT2D eigenvalue weighted by molar-refractivity contribution is 0.612. The van der Waals surface area contributed by atoms with Crippen molar-refractivity contribution < 1.29 is 4.39 Å². The Morgan fingerprint density at radius 1 is 1.11 bits per heavy atom.